The van der Waals surface area contributed by atoms with E-state index in [9.17, 15) is 0 Å². The summed E-state index contributed by atoms with van der Waals surface area (Å²) in [6.45, 7) is -2.43. The summed E-state index contributed by atoms with van der Waals surface area (Å²) in [4.78, 5) is 7.00. The number of rotatable bonds is 0. The highest BCUT2D eigenvalue weighted by Crippen LogP contribution is 2.17. The van der Waals surface area contributed by atoms with E-state index < -0.39 is 12.7 Å². The Hall–Kier alpha value is -0.150. The standard InChI is InChI=1S/C5H4BrClN2/c1-3-8-2-4(6)5(7)9-3/h2H,1H3/i1D3,2D. The van der Waals surface area contributed by atoms with Gasteiger partial charge in [0.05, 0.1) is 5.84 Å². The molecular weight excluding hydrogens is 203 g/mol. The van der Waals surface area contributed by atoms with Gasteiger partial charge in [-0.25, -0.2) is 9.97 Å². The van der Waals surface area contributed by atoms with Crippen molar-refractivity contribution in [1.29, 1.82) is 0 Å². The topological polar surface area (TPSA) is 25.8 Å². The van der Waals surface area contributed by atoms with Crippen LogP contribution in [0.3, 0.4) is 0 Å². The van der Waals surface area contributed by atoms with E-state index in [-0.39, 0.29) is 15.8 Å². The molecule has 1 heterocycles. The molecule has 48 valence electrons. The highest BCUT2D eigenvalue weighted by molar-refractivity contribution is 9.10. The third-order valence-electron chi connectivity index (χ3n) is 0.645. The highest BCUT2D eigenvalue weighted by atomic mass is 79.9. The largest absolute Gasteiger partial charge is 0.240 e. The second-order valence-electron chi connectivity index (χ2n) is 1.26. The predicted octanol–water partition coefficient (Wildman–Crippen LogP) is 2.20. The lowest BCUT2D eigenvalue weighted by Gasteiger charge is -1.92. The van der Waals surface area contributed by atoms with E-state index in [0.717, 1.165) is 0 Å². The van der Waals surface area contributed by atoms with Crippen LogP contribution < -0.4 is 0 Å². The van der Waals surface area contributed by atoms with Crippen LogP contribution in [0, 0.1) is 6.85 Å². The molecule has 0 fully saturated rings. The lowest BCUT2D eigenvalue weighted by Crippen LogP contribution is -1.86. The van der Waals surface area contributed by atoms with Crippen LogP contribution in [0.2, 0.25) is 5.15 Å². The molecule has 0 aliphatic rings. The molecule has 0 aromatic carbocycles. The Morgan fingerprint density at radius 1 is 2.00 bits per heavy atom. The van der Waals surface area contributed by atoms with Gasteiger partial charge in [-0.3, -0.25) is 0 Å². The fourth-order valence-corrected chi connectivity index (χ4v) is 0.615. The van der Waals surface area contributed by atoms with Crippen LogP contribution in [0.4, 0.5) is 0 Å². The van der Waals surface area contributed by atoms with Gasteiger partial charge >= 0.3 is 0 Å². The SMILES string of the molecule is [2H]c1nc(C([2H])([2H])[2H])nc(Cl)c1Br. The van der Waals surface area contributed by atoms with E-state index in [1.54, 1.807) is 0 Å². The molecule has 1 rings (SSSR count). The highest BCUT2D eigenvalue weighted by Gasteiger charge is 1.96. The normalized spacial score (nSPS) is 17.6. The van der Waals surface area contributed by atoms with Gasteiger partial charge in [-0.05, 0) is 22.8 Å². The van der Waals surface area contributed by atoms with E-state index in [1.807, 2.05) is 0 Å². The summed E-state index contributed by atoms with van der Waals surface area (Å²) < 4.78 is 28.4. The fraction of sp³-hybridized carbons (Fsp3) is 0.200. The maximum absolute atomic E-state index is 7.25. The molecular formula is C5H4BrClN2. The average molecular weight is 211 g/mol. The van der Waals surface area contributed by atoms with Crippen LogP contribution in [-0.2, 0) is 0 Å². The Kier molecular flexibility index (Phi) is 0.963. The number of hydrogen-bond acceptors (Lipinski definition) is 2. The zero-order valence-corrected chi connectivity index (χ0v) is 6.49. The number of aryl methyl sites for hydroxylation is 1. The Morgan fingerprint density at radius 3 is 3.33 bits per heavy atom. The van der Waals surface area contributed by atoms with Crippen molar-refractivity contribution in [2.24, 2.45) is 0 Å². The van der Waals surface area contributed by atoms with E-state index >= 15 is 0 Å². The van der Waals surface area contributed by atoms with E-state index in [1.165, 1.54) is 0 Å². The summed E-state index contributed by atoms with van der Waals surface area (Å²) in [6, 6.07) is 0. The summed E-state index contributed by atoms with van der Waals surface area (Å²) >= 11 is 8.51. The molecule has 0 atom stereocenters. The van der Waals surface area contributed by atoms with Crippen molar-refractivity contribution in [2.45, 2.75) is 6.85 Å². The minimum atomic E-state index is -2.43. The van der Waals surface area contributed by atoms with E-state index in [4.69, 9.17) is 17.1 Å². The quantitative estimate of drug-likeness (QED) is 0.615. The van der Waals surface area contributed by atoms with Gasteiger partial charge in [0.2, 0.25) is 0 Å². The monoisotopic (exact) mass is 210 g/mol. The number of aromatic nitrogens is 2. The third-order valence-corrected chi connectivity index (χ3v) is 1.70. The summed E-state index contributed by atoms with van der Waals surface area (Å²) in [5.41, 5.74) is 0. The van der Waals surface area contributed by atoms with Gasteiger partial charge in [-0.1, -0.05) is 11.6 Å². The molecule has 0 radical (unpaired) electrons. The Morgan fingerprint density at radius 2 is 2.78 bits per heavy atom. The second-order valence-corrected chi connectivity index (χ2v) is 2.41. The van der Waals surface area contributed by atoms with Gasteiger partial charge < -0.3 is 0 Å². The lowest BCUT2D eigenvalue weighted by atomic mass is 10.6. The van der Waals surface area contributed by atoms with Crippen molar-refractivity contribution in [3.05, 3.63) is 21.6 Å². The Labute approximate surface area is 72.0 Å². The van der Waals surface area contributed by atoms with Crippen molar-refractivity contribution in [1.82, 2.24) is 9.97 Å². The molecule has 0 aliphatic carbocycles. The van der Waals surface area contributed by atoms with Crippen LogP contribution in [0.15, 0.2) is 10.6 Å². The van der Waals surface area contributed by atoms with E-state index in [2.05, 4.69) is 25.9 Å². The molecule has 0 saturated carbocycles. The fourth-order valence-electron chi connectivity index (χ4n) is 0.315. The van der Waals surface area contributed by atoms with Crippen molar-refractivity contribution < 1.29 is 5.48 Å². The molecule has 1 aromatic heterocycles. The zero-order valence-electron chi connectivity index (χ0n) is 8.15. The summed E-state index contributed by atoms with van der Waals surface area (Å²) in [6.07, 6.45) is -0.230. The number of nitrogens with zero attached hydrogens (tertiary/aromatic N) is 2. The number of halogens is 2. The van der Waals surface area contributed by atoms with Gasteiger partial charge in [-0.15, -0.1) is 0 Å². The zero-order chi connectivity index (χ0) is 10.2. The molecule has 0 amide bonds. The molecule has 0 spiro atoms. The van der Waals surface area contributed by atoms with Crippen molar-refractivity contribution >= 4 is 27.5 Å². The summed E-state index contributed by atoms with van der Waals surface area (Å²) in [5.74, 6) is -0.411. The van der Waals surface area contributed by atoms with Crippen LogP contribution in [0.25, 0.3) is 0 Å². The van der Waals surface area contributed by atoms with Crippen molar-refractivity contribution in [3.8, 4) is 0 Å². The molecule has 0 aliphatic heterocycles. The molecule has 2 nitrogen and oxygen atoms in total. The number of hydrogen-bond donors (Lipinski definition) is 0. The first kappa shape index (κ1) is 3.30. The van der Waals surface area contributed by atoms with Crippen molar-refractivity contribution in [2.75, 3.05) is 0 Å². The van der Waals surface area contributed by atoms with Crippen LogP contribution in [-0.4, -0.2) is 9.97 Å². The van der Waals surface area contributed by atoms with Gasteiger partial charge in [0, 0.05) is 10.3 Å². The van der Waals surface area contributed by atoms with E-state index in [0.29, 0.717) is 0 Å². The van der Waals surface area contributed by atoms with Gasteiger partial charge in [0.15, 0.2) is 0 Å². The second kappa shape index (κ2) is 2.62. The molecule has 0 N–H and O–H groups in total. The summed E-state index contributed by atoms with van der Waals surface area (Å²) in [5, 5.41) is -0.0638. The summed E-state index contributed by atoms with van der Waals surface area (Å²) in [7, 11) is 0. The Bertz CT molecular complexity index is 317. The first-order chi connectivity index (χ1) is 5.82. The molecule has 1 aromatic rings. The average Bonchev–Trinajstić information content (AvgIpc) is 1.97. The third kappa shape index (κ3) is 1.63. The molecule has 9 heavy (non-hydrogen) atoms. The molecule has 0 bridgehead atoms. The van der Waals surface area contributed by atoms with Gasteiger partial charge in [-0.2, -0.15) is 0 Å². The smallest absolute Gasteiger partial charge is 0.146 e. The molecule has 0 unspecified atom stereocenters. The van der Waals surface area contributed by atoms with Gasteiger partial charge in [0.1, 0.15) is 11.0 Å². The van der Waals surface area contributed by atoms with Crippen LogP contribution in [0.5, 0.6) is 0 Å². The van der Waals surface area contributed by atoms with Gasteiger partial charge in [0.25, 0.3) is 0 Å². The van der Waals surface area contributed by atoms with Crippen LogP contribution in [0.1, 0.15) is 11.3 Å². The van der Waals surface area contributed by atoms with Crippen LogP contribution >= 0.6 is 27.5 Å². The lowest BCUT2D eigenvalue weighted by molar-refractivity contribution is 1.04. The van der Waals surface area contributed by atoms with Crippen molar-refractivity contribution in [3.63, 3.8) is 0 Å². The minimum Gasteiger partial charge on any atom is -0.240 e. The first-order valence-corrected chi connectivity index (χ1v) is 3.19. The maximum atomic E-state index is 7.25. The minimum absolute atomic E-state index is 0.0638. The first-order valence-electron chi connectivity index (χ1n) is 4.02. The molecule has 0 saturated heterocycles. The predicted molar refractivity (Wildman–Crippen MR) is 39.5 cm³/mol. The maximum Gasteiger partial charge on any atom is 0.146 e. The molecule has 4 heteroatoms. The Balaban J connectivity index is 3.29.